The molecule has 0 aliphatic heterocycles. The van der Waals surface area contributed by atoms with Crippen molar-refractivity contribution in [1.29, 1.82) is 0 Å². The molecule has 3 amide bonds. The van der Waals surface area contributed by atoms with E-state index in [1.807, 2.05) is 0 Å². The normalized spacial score (nSPS) is 9.65. The highest BCUT2D eigenvalue weighted by Gasteiger charge is 2.05. The predicted molar refractivity (Wildman–Crippen MR) is 80.9 cm³/mol. The van der Waals surface area contributed by atoms with Crippen molar-refractivity contribution in [3.8, 4) is 0 Å². The molecule has 5 heteroatoms. The second-order valence-electron chi connectivity index (χ2n) is 4.31. The lowest BCUT2D eigenvalue weighted by atomic mass is 10.2. The summed E-state index contributed by atoms with van der Waals surface area (Å²) >= 11 is 0. The van der Waals surface area contributed by atoms with Crippen LogP contribution in [0.2, 0.25) is 0 Å². The summed E-state index contributed by atoms with van der Waals surface area (Å²) in [5, 5.41) is 8.16. The Bertz CT molecular complexity index is 455. The molecule has 0 aromatic heterocycles. The second kappa shape index (κ2) is 8.74. The smallest absolute Gasteiger partial charge is 0.319 e. The topological polar surface area (TPSA) is 70.2 Å². The standard InChI is InChI=1S/C15H21N3O2/c1-3-5-11-17-15(20)18-13-8-6-12(7-9-13)14(19)16-10-4-2/h4,6-9H,2-3,5,10-11H2,1H3,(H,16,19)(H2,17,18,20). The van der Waals surface area contributed by atoms with Gasteiger partial charge in [0.15, 0.2) is 0 Å². The molecule has 0 bridgehead atoms. The van der Waals surface area contributed by atoms with Gasteiger partial charge < -0.3 is 16.0 Å². The van der Waals surface area contributed by atoms with Gasteiger partial charge in [-0.2, -0.15) is 0 Å². The van der Waals surface area contributed by atoms with Crippen LogP contribution in [0.5, 0.6) is 0 Å². The van der Waals surface area contributed by atoms with Crippen LogP contribution >= 0.6 is 0 Å². The van der Waals surface area contributed by atoms with Crippen LogP contribution in [0.15, 0.2) is 36.9 Å². The number of benzene rings is 1. The Labute approximate surface area is 119 Å². The quantitative estimate of drug-likeness (QED) is 0.528. The molecule has 0 radical (unpaired) electrons. The number of carbonyl (C=O) groups excluding carboxylic acids is 2. The molecule has 0 fully saturated rings. The van der Waals surface area contributed by atoms with Gasteiger partial charge in [-0.25, -0.2) is 4.79 Å². The van der Waals surface area contributed by atoms with E-state index in [9.17, 15) is 9.59 Å². The SMILES string of the molecule is C=CCNC(=O)c1ccc(NC(=O)NCCCC)cc1. The summed E-state index contributed by atoms with van der Waals surface area (Å²) in [5.74, 6) is -0.163. The zero-order valence-electron chi connectivity index (χ0n) is 11.7. The highest BCUT2D eigenvalue weighted by atomic mass is 16.2. The summed E-state index contributed by atoms with van der Waals surface area (Å²) in [6.07, 6.45) is 3.61. The first kappa shape index (κ1) is 15.8. The molecule has 0 unspecified atom stereocenters. The fourth-order valence-electron chi connectivity index (χ4n) is 1.53. The number of amides is 3. The summed E-state index contributed by atoms with van der Waals surface area (Å²) in [7, 11) is 0. The molecule has 1 rings (SSSR count). The number of rotatable bonds is 7. The van der Waals surface area contributed by atoms with E-state index in [1.54, 1.807) is 30.3 Å². The fourth-order valence-corrected chi connectivity index (χ4v) is 1.53. The monoisotopic (exact) mass is 275 g/mol. The molecular formula is C15H21N3O2. The Morgan fingerprint density at radius 1 is 1.20 bits per heavy atom. The molecule has 3 N–H and O–H groups in total. The summed E-state index contributed by atoms with van der Waals surface area (Å²) in [6, 6.07) is 6.49. The maximum Gasteiger partial charge on any atom is 0.319 e. The van der Waals surface area contributed by atoms with Crippen LogP contribution in [-0.4, -0.2) is 25.0 Å². The Kier molecular flexibility index (Phi) is 6.89. The van der Waals surface area contributed by atoms with Gasteiger partial charge in [-0.3, -0.25) is 4.79 Å². The molecular weight excluding hydrogens is 254 g/mol. The van der Waals surface area contributed by atoms with Crippen LogP contribution in [0, 0.1) is 0 Å². The predicted octanol–water partition coefficient (Wildman–Crippen LogP) is 2.52. The maximum absolute atomic E-state index is 11.7. The Hall–Kier alpha value is -2.30. The third-order valence-electron chi connectivity index (χ3n) is 2.63. The van der Waals surface area contributed by atoms with Gasteiger partial charge >= 0.3 is 6.03 Å². The van der Waals surface area contributed by atoms with Crippen LogP contribution in [0.4, 0.5) is 10.5 Å². The van der Waals surface area contributed by atoms with Crippen molar-refractivity contribution in [3.05, 3.63) is 42.5 Å². The van der Waals surface area contributed by atoms with Gasteiger partial charge in [0, 0.05) is 24.3 Å². The third kappa shape index (κ3) is 5.56. The van der Waals surface area contributed by atoms with Crippen LogP contribution in [0.25, 0.3) is 0 Å². The lowest BCUT2D eigenvalue weighted by Gasteiger charge is -2.08. The number of anilines is 1. The number of hydrogen-bond acceptors (Lipinski definition) is 2. The molecule has 0 saturated heterocycles. The molecule has 20 heavy (non-hydrogen) atoms. The molecule has 1 aromatic carbocycles. The van der Waals surface area contributed by atoms with Gasteiger partial charge in [0.25, 0.3) is 5.91 Å². The van der Waals surface area contributed by atoms with Crippen LogP contribution in [0.1, 0.15) is 30.1 Å². The summed E-state index contributed by atoms with van der Waals surface area (Å²) < 4.78 is 0. The summed E-state index contributed by atoms with van der Waals surface area (Å²) in [4.78, 5) is 23.2. The van der Waals surface area contributed by atoms with Crippen LogP contribution in [-0.2, 0) is 0 Å². The van der Waals surface area contributed by atoms with Gasteiger partial charge in [0.2, 0.25) is 0 Å². The zero-order valence-corrected chi connectivity index (χ0v) is 11.7. The number of unbranched alkanes of at least 4 members (excludes halogenated alkanes) is 1. The fraction of sp³-hybridized carbons (Fsp3) is 0.333. The lowest BCUT2D eigenvalue weighted by molar-refractivity contribution is 0.0958. The molecule has 0 saturated carbocycles. The average Bonchev–Trinajstić information content (AvgIpc) is 2.46. The first-order chi connectivity index (χ1) is 9.67. The number of hydrogen-bond donors (Lipinski definition) is 3. The van der Waals surface area contributed by atoms with Crippen molar-refractivity contribution in [1.82, 2.24) is 10.6 Å². The van der Waals surface area contributed by atoms with E-state index >= 15 is 0 Å². The molecule has 0 aliphatic carbocycles. The average molecular weight is 275 g/mol. The minimum Gasteiger partial charge on any atom is -0.349 e. The van der Waals surface area contributed by atoms with E-state index in [4.69, 9.17) is 0 Å². The van der Waals surface area contributed by atoms with E-state index < -0.39 is 0 Å². The second-order valence-corrected chi connectivity index (χ2v) is 4.31. The van der Waals surface area contributed by atoms with Crippen LogP contribution < -0.4 is 16.0 Å². The molecule has 0 heterocycles. The zero-order chi connectivity index (χ0) is 14.8. The summed E-state index contributed by atoms with van der Waals surface area (Å²) in [6.45, 7) is 6.69. The first-order valence-electron chi connectivity index (χ1n) is 6.71. The number of nitrogens with one attached hydrogen (secondary N) is 3. The molecule has 5 nitrogen and oxygen atoms in total. The molecule has 108 valence electrons. The molecule has 1 aromatic rings. The van der Waals surface area contributed by atoms with Crippen molar-refractivity contribution in [2.24, 2.45) is 0 Å². The van der Waals surface area contributed by atoms with Crippen molar-refractivity contribution in [2.45, 2.75) is 19.8 Å². The third-order valence-corrected chi connectivity index (χ3v) is 2.63. The molecule has 0 atom stereocenters. The van der Waals surface area contributed by atoms with E-state index in [1.165, 1.54) is 0 Å². The van der Waals surface area contributed by atoms with Gasteiger partial charge in [-0.05, 0) is 30.7 Å². The van der Waals surface area contributed by atoms with Gasteiger partial charge in [0.05, 0.1) is 0 Å². The van der Waals surface area contributed by atoms with Crippen LogP contribution in [0.3, 0.4) is 0 Å². The molecule has 0 aliphatic rings. The van der Waals surface area contributed by atoms with Crippen molar-refractivity contribution < 1.29 is 9.59 Å². The van der Waals surface area contributed by atoms with Gasteiger partial charge in [0.1, 0.15) is 0 Å². The van der Waals surface area contributed by atoms with E-state index in [2.05, 4.69) is 29.5 Å². The molecule has 0 spiro atoms. The highest BCUT2D eigenvalue weighted by molar-refractivity contribution is 5.95. The van der Waals surface area contributed by atoms with Gasteiger partial charge in [-0.1, -0.05) is 19.4 Å². The van der Waals surface area contributed by atoms with E-state index in [0.29, 0.717) is 24.3 Å². The Morgan fingerprint density at radius 2 is 1.90 bits per heavy atom. The van der Waals surface area contributed by atoms with E-state index in [-0.39, 0.29) is 11.9 Å². The highest BCUT2D eigenvalue weighted by Crippen LogP contribution is 2.09. The Balaban J connectivity index is 2.47. The van der Waals surface area contributed by atoms with Crippen molar-refractivity contribution in [3.63, 3.8) is 0 Å². The first-order valence-corrected chi connectivity index (χ1v) is 6.71. The maximum atomic E-state index is 11.7. The number of carbonyl (C=O) groups is 2. The Morgan fingerprint density at radius 3 is 2.50 bits per heavy atom. The lowest BCUT2D eigenvalue weighted by Crippen LogP contribution is -2.29. The van der Waals surface area contributed by atoms with Crippen molar-refractivity contribution in [2.75, 3.05) is 18.4 Å². The van der Waals surface area contributed by atoms with Gasteiger partial charge in [-0.15, -0.1) is 6.58 Å². The largest absolute Gasteiger partial charge is 0.349 e. The van der Waals surface area contributed by atoms with E-state index in [0.717, 1.165) is 12.8 Å². The minimum atomic E-state index is -0.234. The van der Waals surface area contributed by atoms with Crippen molar-refractivity contribution >= 4 is 17.6 Å². The number of urea groups is 1. The summed E-state index contributed by atoms with van der Waals surface area (Å²) in [5.41, 5.74) is 1.20. The minimum absolute atomic E-state index is 0.163.